The van der Waals surface area contributed by atoms with E-state index in [0.29, 0.717) is 13.1 Å². The lowest BCUT2D eigenvalue weighted by Gasteiger charge is -2.26. The van der Waals surface area contributed by atoms with Crippen molar-refractivity contribution in [3.05, 3.63) is 22.8 Å². The molecule has 6 nitrogen and oxygen atoms in total. The zero-order chi connectivity index (χ0) is 17.7. The van der Waals surface area contributed by atoms with E-state index in [2.05, 4.69) is 26.0 Å². The zero-order valence-electron chi connectivity index (χ0n) is 14.8. The minimum atomic E-state index is -0.465. The van der Waals surface area contributed by atoms with Gasteiger partial charge in [-0.05, 0) is 61.7 Å². The highest BCUT2D eigenvalue weighted by Crippen LogP contribution is 2.17. The molecule has 7 heteroatoms. The van der Waals surface area contributed by atoms with Crippen LogP contribution in [-0.2, 0) is 4.74 Å². The van der Waals surface area contributed by atoms with Gasteiger partial charge in [-0.3, -0.25) is 5.01 Å². The third kappa shape index (κ3) is 5.78. The number of anilines is 1. The first-order valence-electron chi connectivity index (χ1n) is 8.15. The van der Waals surface area contributed by atoms with Gasteiger partial charge < -0.3 is 9.64 Å². The molecule has 1 fully saturated rings. The van der Waals surface area contributed by atoms with Crippen molar-refractivity contribution >= 4 is 33.6 Å². The van der Waals surface area contributed by atoms with Gasteiger partial charge in [0.15, 0.2) is 0 Å². The van der Waals surface area contributed by atoms with E-state index < -0.39 is 5.60 Å². The summed E-state index contributed by atoms with van der Waals surface area (Å²) in [7, 11) is 1.89. The van der Waals surface area contributed by atoms with Crippen molar-refractivity contribution in [1.82, 2.24) is 9.88 Å². The predicted molar refractivity (Wildman–Crippen MR) is 99.4 cm³/mol. The maximum atomic E-state index is 12.2. The molecule has 2 rings (SSSR count). The maximum Gasteiger partial charge on any atom is 0.410 e. The van der Waals surface area contributed by atoms with Crippen molar-refractivity contribution < 1.29 is 9.53 Å². The van der Waals surface area contributed by atoms with Crippen molar-refractivity contribution in [1.29, 1.82) is 0 Å². The van der Waals surface area contributed by atoms with Gasteiger partial charge in [0.25, 0.3) is 0 Å². The standard InChI is InChI=1S/C17H25BrN4O2/c1-17(2,3)24-16(23)22-11-6-7-13(10-12-22)20-21(4)15-9-5-8-14(18)19-15/h5,8-9H,6-7,10-12H2,1-4H3. The minimum absolute atomic E-state index is 0.245. The molecule has 1 aliphatic rings. The lowest BCUT2D eigenvalue weighted by Crippen LogP contribution is -2.37. The summed E-state index contributed by atoms with van der Waals surface area (Å²) < 4.78 is 6.23. The Balaban J connectivity index is 1.98. The van der Waals surface area contributed by atoms with E-state index in [-0.39, 0.29) is 6.09 Å². The van der Waals surface area contributed by atoms with Crippen LogP contribution >= 0.6 is 15.9 Å². The Kier molecular flexibility index (Phi) is 6.21. The van der Waals surface area contributed by atoms with E-state index in [1.165, 1.54) is 0 Å². The average Bonchev–Trinajstić information content (AvgIpc) is 2.71. The first-order valence-corrected chi connectivity index (χ1v) is 8.94. The van der Waals surface area contributed by atoms with Gasteiger partial charge in [0.2, 0.25) is 0 Å². The monoisotopic (exact) mass is 396 g/mol. The summed E-state index contributed by atoms with van der Waals surface area (Å²) in [6, 6.07) is 5.73. The van der Waals surface area contributed by atoms with Crippen LogP contribution in [0.4, 0.5) is 10.6 Å². The third-order valence-corrected chi connectivity index (χ3v) is 3.98. The molecule has 24 heavy (non-hydrogen) atoms. The first kappa shape index (κ1) is 18.7. The fourth-order valence-electron chi connectivity index (χ4n) is 2.42. The van der Waals surface area contributed by atoms with E-state index in [1.54, 1.807) is 9.91 Å². The Morgan fingerprint density at radius 3 is 2.75 bits per heavy atom. The Morgan fingerprint density at radius 2 is 2.08 bits per heavy atom. The molecule has 1 saturated heterocycles. The number of likely N-dealkylation sites (tertiary alicyclic amines) is 1. The molecular formula is C17H25BrN4O2. The van der Waals surface area contributed by atoms with Gasteiger partial charge in [-0.1, -0.05) is 6.07 Å². The van der Waals surface area contributed by atoms with Crippen LogP contribution in [0.2, 0.25) is 0 Å². The molecule has 0 spiro atoms. The number of nitrogens with zero attached hydrogens (tertiary/aromatic N) is 4. The lowest BCUT2D eigenvalue weighted by molar-refractivity contribution is 0.0259. The third-order valence-electron chi connectivity index (χ3n) is 3.54. The fraction of sp³-hybridized carbons (Fsp3) is 0.588. The maximum absolute atomic E-state index is 12.2. The highest BCUT2D eigenvalue weighted by Gasteiger charge is 2.24. The number of carbonyl (C=O) groups is 1. The molecule has 0 unspecified atom stereocenters. The van der Waals surface area contributed by atoms with Crippen molar-refractivity contribution in [2.75, 3.05) is 25.1 Å². The van der Waals surface area contributed by atoms with Gasteiger partial charge in [0, 0.05) is 32.3 Å². The Hall–Kier alpha value is -1.63. The van der Waals surface area contributed by atoms with Crippen LogP contribution in [0.1, 0.15) is 40.0 Å². The smallest absolute Gasteiger partial charge is 0.410 e. The van der Waals surface area contributed by atoms with Crippen molar-refractivity contribution in [2.24, 2.45) is 5.10 Å². The summed E-state index contributed by atoms with van der Waals surface area (Å²) in [5.41, 5.74) is 0.609. The molecule has 0 atom stereocenters. The van der Waals surface area contributed by atoms with Gasteiger partial charge >= 0.3 is 6.09 Å². The summed E-state index contributed by atoms with van der Waals surface area (Å²) in [4.78, 5) is 18.4. The number of carbonyl (C=O) groups excluding carboxylic acids is 1. The SMILES string of the molecule is CN(N=C1CCCN(C(=O)OC(C)(C)C)CC1)c1cccc(Br)n1. The van der Waals surface area contributed by atoms with Crippen LogP contribution in [0.25, 0.3) is 0 Å². The minimum Gasteiger partial charge on any atom is -0.444 e. The Morgan fingerprint density at radius 1 is 1.33 bits per heavy atom. The summed E-state index contributed by atoms with van der Waals surface area (Å²) in [6.07, 6.45) is 2.26. The molecule has 0 saturated carbocycles. The number of aromatic nitrogens is 1. The zero-order valence-corrected chi connectivity index (χ0v) is 16.3. The molecule has 1 aromatic heterocycles. The number of ether oxygens (including phenoxy) is 1. The van der Waals surface area contributed by atoms with Crippen LogP contribution in [0.3, 0.4) is 0 Å². The van der Waals surface area contributed by atoms with E-state index in [4.69, 9.17) is 4.74 Å². The molecular weight excluding hydrogens is 372 g/mol. The quantitative estimate of drug-likeness (QED) is 0.558. The number of hydrazone groups is 1. The van der Waals surface area contributed by atoms with Crippen molar-refractivity contribution in [3.63, 3.8) is 0 Å². The van der Waals surface area contributed by atoms with Crippen molar-refractivity contribution in [2.45, 2.75) is 45.6 Å². The van der Waals surface area contributed by atoms with Gasteiger partial charge in [-0.2, -0.15) is 5.10 Å². The molecule has 1 amide bonds. The van der Waals surface area contributed by atoms with E-state index in [9.17, 15) is 4.79 Å². The second-order valence-corrected chi connectivity index (χ2v) is 7.64. The molecule has 0 aliphatic carbocycles. The lowest BCUT2D eigenvalue weighted by atomic mass is 10.2. The average molecular weight is 397 g/mol. The second kappa shape index (κ2) is 7.96. The van der Waals surface area contributed by atoms with Gasteiger partial charge in [-0.25, -0.2) is 9.78 Å². The largest absolute Gasteiger partial charge is 0.444 e. The van der Waals surface area contributed by atoms with E-state index in [1.807, 2.05) is 46.0 Å². The van der Waals surface area contributed by atoms with Crippen LogP contribution in [-0.4, -0.2) is 47.4 Å². The van der Waals surface area contributed by atoms with Crippen LogP contribution < -0.4 is 5.01 Å². The number of hydrogen-bond donors (Lipinski definition) is 0. The molecule has 0 radical (unpaired) electrons. The molecule has 0 aromatic carbocycles. The van der Waals surface area contributed by atoms with Gasteiger partial charge in [0.1, 0.15) is 16.0 Å². The predicted octanol–water partition coefficient (Wildman–Crippen LogP) is 4.06. The number of pyridine rings is 1. The number of halogens is 1. The molecule has 0 bridgehead atoms. The fourth-order valence-corrected chi connectivity index (χ4v) is 2.76. The molecule has 1 aliphatic heterocycles. The number of amides is 1. The Bertz CT molecular complexity index is 613. The van der Waals surface area contributed by atoms with Crippen LogP contribution in [0.15, 0.2) is 27.9 Å². The van der Waals surface area contributed by atoms with Crippen LogP contribution in [0.5, 0.6) is 0 Å². The molecule has 0 N–H and O–H groups in total. The summed E-state index contributed by atoms with van der Waals surface area (Å²) in [6.45, 7) is 6.99. The normalized spacial score (nSPS) is 17.5. The van der Waals surface area contributed by atoms with Crippen molar-refractivity contribution in [3.8, 4) is 0 Å². The second-order valence-electron chi connectivity index (χ2n) is 6.83. The Labute approximate surface area is 152 Å². The number of hydrogen-bond acceptors (Lipinski definition) is 5. The topological polar surface area (TPSA) is 58.0 Å². The first-order chi connectivity index (χ1) is 11.2. The molecule has 132 valence electrons. The number of rotatable bonds is 2. The summed E-state index contributed by atoms with van der Waals surface area (Å²) >= 11 is 3.37. The molecule has 2 heterocycles. The van der Waals surface area contributed by atoms with E-state index in [0.717, 1.165) is 35.4 Å². The van der Waals surface area contributed by atoms with Gasteiger partial charge in [-0.15, -0.1) is 0 Å². The van der Waals surface area contributed by atoms with Gasteiger partial charge in [0.05, 0.1) is 0 Å². The highest BCUT2D eigenvalue weighted by molar-refractivity contribution is 9.10. The summed E-state index contributed by atoms with van der Waals surface area (Å²) in [5, 5.41) is 6.44. The highest BCUT2D eigenvalue weighted by atomic mass is 79.9. The molecule has 1 aromatic rings. The van der Waals surface area contributed by atoms with Crippen LogP contribution in [0, 0.1) is 0 Å². The summed E-state index contributed by atoms with van der Waals surface area (Å²) in [5.74, 6) is 0.783. The van der Waals surface area contributed by atoms with E-state index >= 15 is 0 Å².